The summed E-state index contributed by atoms with van der Waals surface area (Å²) in [5.74, 6) is -1.20. The molecule has 190 valence electrons. The van der Waals surface area contributed by atoms with Crippen LogP contribution in [0, 0.1) is 22.0 Å². The van der Waals surface area contributed by atoms with Crippen LogP contribution in [0.3, 0.4) is 0 Å². The summed E-state index contributed by atoms with van der Waals surface area (Å²) in [4.78, 5) is 36.7. The third-order valence-corrected chi connectivity index (χ3v) is 8.68. The number of carbonyl (C=O) groups is 2. The fourth-order valence-corrected chi connectivity index (χ4v) is 5.74. The summed E-state index contributed by atoms with van der Waals surface area (Å²) in [6.07, 6.45) is 0.722. The number of carbonyl (C=O) groups excluding carboxylic acids is 1. The van der Waals surface area contributed by atoms with Crippen LogP contribution in [-0.4, -0.2) is 63.7 Å². The number of hydrogen-bond acceptors (Lipinski definition) is 8. The number of nitrogens with one attached hydrogen (secondary N) is 1. The van der Waals surface area contributed by atoms with E-state index in [-0.39, 0.29) is 28.7 Å². The van der Waals surface area contributed by atoms with Crippen LogP contribution in [0.1, 0.15) is 48.0 Å². The van der Waals surface area contributed by atoms with Crippen LogP contribution in [0.2, 0.25) is 0 Å². The lowest BCUT2D eigenvalue weighted by Crippen LogP contribution is -2.51. The monoisotopic (exact) mass is 495 g/mol. The van der Waals surface area contributed by atoms with Crippen molar-refractivity contribution in [3.8, 4) is 0 Å². The molecule has 1 aromatic rings. The minimum atomic E-state index is -0.849. The Hall–Kier alpha value is -2.17. The van der Waals surface area contributed by atoms with E-state index in [0.29, 0.717) is 19.8 Å². The zero-order valence-electron chi connectivity index (χ0n) is 20.8. The number of ether oxygens (including phenoxy) is 1. The molecule has 1 heterocycles. The number of rotatable bonds is 13. The lowest BCUT2D eigenvalue weighted by atomic mass is 9.95. The average molecular weight is 496 g/mol. The van der Waals surface area contributed by atoms with E-state index in [1.165, 1.54) is 12.1 Å². The van der Waals surface area contributed by atoms with E-state index >= 15 is 0 Å². The summed E-state index contributed by atoms with van der Waals surface area (Å²) in [5, 5.41) is 23.7. The first kappa shape index (κ1) is 28.1. The molecule has 0 aromatic heterocycles. The van der Waals surface area contributed by atoms with Crippen molar-refractivity contribution in [1.82, 2.24) is 5.32 Å². The molecule has 2 rings (SSSR count). The molecule has 0 radical (unpaired) electrons. The number of ketones is 1. The first-order valence-electron chi connectivity index (χ1n) is 11.6. The number of Topliss-reactive ketones (excluding diaryl/α,β-unsaturated/α-hetero) is 1. The van der Waals surface area contributed by atoms with Crippen LogP contribution < -0.4 is 10.2 Å². The SMILES string of the molecule is CCC(C)C(SC(C)(C)C(C)C(=O)O)C(NCC1CN(c2ccc([N+](=O)[O-])cc2)CO1)C(C)=O. The minimum Gasteiger partial charge on any atom is -0.481 e. The van der Waals surface area contributed by atoms with Crippen molar-refractivity contribution in [1.29, 1.82) is 0 Å². The third kappa shape index (κ3) is 7.16. The molecule has 9 nitrogen and oxygen atoms in total. The normalized spacial score (nSPS) is 19.9. The fraction of sp³-hybridized carbons (Fsp3) is 0.667. The topological polar surface area (TPSA) is 122 Å². The molecule has 34 heavy (non-hydrogen) atoms. The van der Waals surface area contributed by atoms with Gasteiger partial charge in [-0.3, -0.25) is 19.7 Å². The molecule has 0 amide bonds. The number of nitrogens with zero attached hydrogens (tertiary/aromatic N) is 2. The van der Waals surface area contributed by atoms with Gasteiger partial charge in [-0.2, -0.15) is 0 Å². The van der Waals surface area contributed by atoms with Gasteiger partial charge < -0.3 is 20.1 Å². The highest BCUT2D eigenvalue weighted by Gasteiger charge is 2.40. The average Bonchev–Trinajstić information content (AvgIpc) is 3.26. The Kier molecular flexibility index (Phi) is 9.90. The summed E-state index contributed by atoms with van der Waals surface area (Å²) in [7, 11) is 0. The van der Waals surface area contributed by atoms with Crippen LogP contribution >= 0.6 is 11.8 Å². The molecule has 1 fully saturated rings. The lowest BCUT2D eigenvalue weighted by molar-refractivity contribution is -0.384. The number of nitro groups is 1. The molecule has 1 aliphatic heterocycles. The molecule has 5 atom stereocenters. The fourth-order valence-electron chi connectivity index (χ4n) is 3.88. The summed E-state index contributed by atoms with van der Waals surface area (Å²) in [6.45, 7) is 12.7. The Morgan fingerprint density at radius 2 is 1.94 bits per heavy atom. The summed E-state index contributed by atoms with van der Waals surface area (Å²) in [5.41, 5.74) is 0.883. The number of nitro benzene ring substituents is 1. The number of benzene rings is 1. The second kappa shape index (κ2) is 12.0. The van der Waals surface area contributed by atoms with Gasteiger partial charge in [-0.05, 0) is 38.8 Å². The van der Waals surface area contributed by atoms with Gasteiger partial charge in [0.2, 0.25) is 0 Å². The number of carboxylic acids is 1. The number of thioether (sulfide) groups is 1. The zero-order chi connectivity index (χ0) is 25.6. The molecule has 2 N–H and O–H groups in total. The molecule has 0 spiro atoms. The summed E-state index contributed by atoms with van der Waals surface area (Å²) >= 11 is 1.57. The number of carboxylic acid groups (broad SMARTS) is 1. The Labute approximate surface area is 205 Å². The van der Waals surface area contributed by atoms with Crippen molar-refractivity contribution in [2.45, 2.75) is 70.1 Å². The van der Waals surface area contributed by atoms with Gasteiger partial charge in [0.05, 0.1) is 23.0 Å². The van der Waals surface area contributed by atoms with E-state index in [9.17, 15) is 24.8 Å². The number of hydrogen-bond donors (Lipinski definition) is 2. The van der Waals surface area contributed by atoms with Crippen molar-refractivity contribution in [2.24, 2.45) is 11.8 Å². The van der Waals surface area contributed by atoms with Gasteiger partial charge in [0.25, 0.3) is 5.69 Å². The smallest absolute Gasteiger partial charge is 0.307 e. The van der Waals surface area contributed by atoms with E-state index in [1.54, 1.807) is 37.7 Å². The van der Waals surface area contributed by atoms with Crippen molar-refractivity contribution in [3.63, 3.8) is 0 Å². The van der Waals surface area contributed by atoms with Crippen LogP contribution in [0.25, 0.3) is 0 Å². The first-order chi connectivity index (χ1) is 15.9. The second-order valence-electron chi connectivity index (χ2n) is 9.54. The van der Waals surface area contributed by atoms with Gasteiger partial charge in [0, 0.05) is 40.9 Å². The van der Waals surface area contributed by atoms with E-state index in [4.69, 9.17) is 4.74 Å². The summed E-state index contributed by atoms with van der Waals surface area (Å²) < 4.78 is 5.35. The molecular weight excluding hydrogens is 458 g/mol. The molecule has 1 saturated heterocycles. The predicted octanol–water partition coefficient (Wildman–Crippen LogP) is 3.95. The first-order valence-corrected chi connectivity index (χ1v) is 12.5. The third-order valence-electron chi connectivity index (χ3n) is 6.71. The molecule has 0 bridgehead atoms. The molecule has 0 saturated carbocycles. The number of non-ortho nitro benzene ring substituents is 1. The quantitative estimate of drug-likeness (QED) is 0.309. The lowest BCUT2D eigenvalue weighted by Gasteiger charge is -2.38. The molecular formula is C24H37N3O6S. The van der Waals surface area contributed by atoms with Crippen LogP contribution in [-0.2, 0) is 14.3 Å². The van der Waals surface area contributed by atoms with Crippen molar-refractivity contribution < 1.29 is 24.4 Å². The maximum Gasteiger partial charge on any atom is 0.307 e. The minimum absolute atomic E-state index is 0.0156. The van der Waals surface area contributed by atoms with E-state index in [1.807, 2.05) is 18.7 Å². The molecule has 0 aliphatic carbocycles. The predicted molar refractivity (Wildman–Crippen MR) is 134 cm³/mol. The standard InChI is InChI=1S/C24H37N3O6S/c1-7-15(2)22(34-24(5,6)16(3)23(29)30)21(17(4)28)25-12-20-13-26(14-33-20)18-8-10-19(11-9-18)27(31)32/h8-11,15-16,20-22,25H,7,12-14H2,1-6H3,(H,29,30). The largest absolute Gasteiger partial charge is 0.481 e. The van der Waals surface area contributed by atoms with E-state index in [0.717, 1.165) is 12.1 Å². The summed E-state index contributed by atoms with van der Waals surface area (Å²) in [6, 6.07) is 5.92. The van der Waals surface area contributed by atoms with E-state index < -0.39 is 27.6 Å². The molecule has 1 aliphatic rings. The van der Waals surface area contributed by atoms with Crippen LogP contribution in [0.15, 0.2) is 24.3 Å². The van der Waals surface area contributed by atoms with E-state index in [2.05, 4.69) is 19.2 Å². The Morgan fingerprint density at radius 3 is 2.44 bits per heavy atom. The second-order valence-corrected chi connectivity index (χ2v) is 11.4. The molecule has 1 aromatic carbocycles. The molecule has 10 heteroatoms. The van der Waals surface area contributed by atoms with Crippen molar-refractivity contribution in [3.05, 3.63) is 34.4 Å². The highest BCUT2D eigenvalue weighted by atomic mass is 32.2. The highest BCUT2D eigenvalue weighted by molar-refractivity contribution is 8.01. The van der Waals surface area contributed by atoms with Gasteiger partial charge >= 0.3 is 5.97 Å². The Bertz CT molecular complexity index is 863. The van der Waals surface area contributed by atoms with Gasteiger partial charge in [-0.1, -0.05) is 27.2 Å². The van der Waals surface area contributed by atoms with Crippen LogP contribution in [0.5, 0.6) is 0 Å². The van der Waals surface area contributed by atoms with Crippen LogP contribution in [0.4, 0.5) is 11.4 Å². The zero-order valence-corrected chi connectivity index (χ0v) is 21.6. The van der Waals surface area contributed by atoms with Gasteiger partial charge in [0.1, 0.15) is 12.5 Å². The Morgan fingerprint density at radius 1 is 1.32 bits per heavy atom. The molecule has 5 unspecified atom stereocenters. The van der Waals surface area contributed by atoms with Gasteiger partial charge in [0.15, 0.2) is 0 Å². The van der Waals surface area contributed by atoms with Crippen molar-refractivity contribution in [2.75, 3.05) is 24.7 Å². The highest BCUT2D eigenvalue weighted by Crippen LogP contribution is 2.40. The van der Waals surface area contributed by atoms with Crippen molar-refractivity contribution >= 4 is 34.9 Å². The number of aliphatic carboxylic acids is 1. The Balaban J connectivity index is 2.06. The van der Waals surface area contributed by atoms with Gasteiger partial charge in [-0.15, -0.1) is 11.8 Å². The van der Waals surface area contributed by atoms with Gasteiger partial charge in [-0.25, -0.2) is 0 Å². The maximum atomic E-state index is 12.7. The maximum absolute atomic E-state index is 12.7. The number of anilines is 1.